The zero-order valence-electron chi connectivity index (χ0n) is 17.5. The van der Waals surface area contributed by atoms with E-state index in [1.165, 1.54) is 96.8 Å². The van der Waals surface area contributed by atoms with Gasteiger partial charge in [0, 0.05) is 30.9 Å². The lowest BCUT2D eigenvalue weighted by Crippen LogP contribution is -2.44. The Bertz CT molecular complexity index is 431. The van der Waals surface area contributed by atoms with E-state index in [1.54, 1.807) is 5.70 Å². The molecule has 0 spiro atoms. The number of hydrogen-bond donors (Lipinski definition) is 1. The minimum atomic E-state index is 0.482. The summed E-state index contributed by atoms with van der Waals surface area (Å²) in [6.07, 6.45) is 17.2. The Morgan fingerprint density at radius 1 is 0.885 bits per heavy atom. The monoisotopic (exact) mass is 361 g/mol. The number of allylic oxidation sites excluding steroid dienone is 2. The van der Waals surface area contributed by atoms with Crippen LogP contribution in [0.25, 0.3) is 0 Å². The smallest absolute Gasteiger partial charge is 0.0203 e. The minimum absolute atomic E-state index is 0.482. The van der Waals surface area contributed by atoms with Gasteiger partial charge >= 0.3 is 0 Å². The Hall–Kier alpha value is -0.540. The summed E-state index contributed by atoms with van der Waals surface area (Å²) in [6, 6.07) is 1.33. The van der Waals surface area contributed by atoms with Crippen molar-refractivity contribution < 1.29 is 0 Å². The van der Waals surface area contributed by atoms with Gasteiger partial charge in [-0.15, -0.1) is 0 Å². The van der Waals surface area contributed by atoms with Crippen LogP contribution in [-0.4, -0.2) is 48.1 Å². The van der Waals surface area contributed by atoms with Crippen molar-refractivity contribution in [3.63, 3.8) is 0 Å². The second-order valence-corrected chi connectivity index (χ2v) is 9.18. The van der Waals surface area contributed by atoms with Crippen LogP contribution in [0, 0.1) is 11.8 Å². The van der Waals surface area contributed by atoms with Crippen molar-refractivity contribution >= 4 is 0 Å². The molecule has 0 radical (unpaired) electrons. The van der Waals surface area contributed by atoms with Gasteiger partial charge in [0.25, 0.3) is 0 Å². The van der Waals surface area contributed by atoms with Crippen LogP contribution >= 0.6 is 0 Å². The average molecular weight is 362 g/mol. The van der Waals surface area contributed by atoms with Crippen LogP contribution in [0.1, 0.15) is 84.5 Å². The fraction of sp³-hybridized carbons (Fsp3) is 0.913. The second-order valence-electron chi connectivity index (χ2n) is 9.18. The quantitative estimate of drug-likeness (QED) is 0.708. The maximum atomic E-state index is 6.08. The Morgan fingerprint density at radius 2 is 1.54 bits per heavy atom. The standard InChI is InChI=1S/C23H43N3/c1-3-5-22(4-2)26-17-14-20(18-26)7-6-19-12-15-25(16-13-19)23-10-8-21(24)9-11-23/h5,19-21,23H,3-4,6-18,24H2,1-2H3/b22-5+. The summed E-state index contributed by atoms with van der Waals surface area (Å²) in [5.41, 5.74) is 7.67. The summed E-state index contributed by atoms with van der Waals surface area (Å²) in [4.78, 5) is 5.47. The van der Waals surface area contributed by atoms with Crippen molar-refractivity contribution in [1.29, 1.82) is 0 Å². The molecule has 1 aliphatic carbocycles. The van der Waals surface area contributed by atoms with E-state index < -0.39 is 0 Å². The predicted octanol–water partition coefficient (Wildman–Crippen LogP) is 4.77. The zero-order valence-corrected chi connectivity index (χ0v) is 17.5. The molecule has 0 aromatic rings. The molecule has 1 unspecified atom stereocenters. The Balaban J connectivity index is 1.34. The minimum Gasteiger partial charge on any atom is -0.375 e. The van der Waals surface area contributed by atoms with Gasteiger partial charge in [0.1, 0.15) is 0 Å². The molecule has 3 fully saturated rings. The van der Waals surface area contributed by atoms with E-state index in [2.05, 4.69) is 29.7 Å². The summed E-state index contributed by atoms with van der Waals surface area (Å²) < 4.78 is 0. The highest BCUT2D eigenvalue weighted by Gasteiger charge is 2.29. The molecule has 0 aromatic carbocycles. The molecule has 1 atom stereocenters. The zero-order chi connectivity index (χ0) is 18.4. The molecule has 1 saturated carbocycles. The van der Waals surface area contributed by atoms with Crippen molar-refractivity contribution in [2.75, 3.05) is 26.2 Å². The van der Waals surface area contributed by atoms with E-state index in [0.717, 1.165) is 17.9 Å². The third kappa shape index (κ3) is 5.48. The molecule has 3 aliphatic rings. The van der Waals surface area contributed by atoms with Crippen molar-refractivity contribution in [2.45, 2.75) is 96.6 Å². The molecular formula is C23H43N3. The van der Waals surface area contributed by atoms with Gasteiger partial charge in [0.05, 0.1) is 0 Å². The molecule has 0 aromatic heterocycles. The molecule has 26 heavy (non-hydrogen) atoms. The topological polar surface area (TPSA) is 32.5 Å². The maximum absolute atomic E-state index is 6.08. The van der Waals surface area contributed by atoms with Crippen molar-refractivity contribution in [1.82, 2.24) is 9.80 Å². The SMILES string of the molecule is CC/C=C(\CC)N1CCC(CCC2CCN(C3CCC(N)CC3)CC2)C1. The highest BCUT2D eigenvalue weighted by Crippen LogP contribution is 2.32. The second kappa shape index (κ2) is 10.1. The average Bonchev–Trinajstić information content (AvgIpc) is 3.14. The number of hydrogen-bond acceptors (Lipinski definition) is 3. The van der Waals surface area contributed by atoms with Gasteiger partial charge in [0.15, 0.2) is 0 Å². The van der Waals surface area contributed by atoms with E-state index in [0.29, 0.717) is 6.04 Å². The van der Waals surface area contributed by atoms with Crippen LogP contribution in [-0.2, 0) is 0 Å². The lowest BCUT2D eigenvalue weighted by atomic mass is 9.85. The van der Waals surface area contributed by atoms with E-state index >= 15 is 0 Å². The Labute approximate surface area is 162 Å². The van der Waals surface area contributed by atoms with Gasteiger partial charge in [-0.2, -0.15) is 0 Å². The molecule has 2 aliphatic heterocycles. The van der Waals surface area contributed by atoms with Gasteiger partial charge in [-0.25, -0.2) is 0 Å². The summed E-state index contributed by atoms with van der Waals surface area (Å²) in [7, 11) is 0. The van der Waals surface area contributed by atoms with Crippen LogP contribution in [0.2, 0.25) is 0 Å². The first kappa shape index (κ1) is 20.2. The molecule has 2 N–H and O–H groups in total. The van der Waals surface area contributed by atoms with Crippen molar-refractivity contribution in [3.05, 3.63) is 11.8 Å². The highest BCUT2D eigenvalue weighted by atomic mass is 15.2. The molecular weight excluding hydrogens is 318 g/mol. The first-order valence-corrected chi connectivity index (χ1v) is 11.6. The molecule has 3 heteroatoms. The number of nitrogens with two attached hydrogens (primary N) is 1. The summed E-state index contributed by atoms with van der Waals surface area (Å²) in [5.74, 6) is 1.93. The number of nitrogens with zero attached hydrogens (tertiary/aromatic N) is 2. The largest absolute Gasteiger partial charge is 0.375 e. The Morgan fingerprint density at radius 3 is 2.19 bits per heavy atom. The third-order valence-corrected chi connectivity index (χ3v) is 7.38. The van der Waals surface area contributed by atoms with Gasteiger partial charge < -0.3 is 15.5 Å². The predicted molar refractivity (Wildman–Crippen MR) is 112 cm³/mol. The van der Waals surface area contributed by atoms with Gasteiger partial charge in [-0.05, 0) is 89.1 Å². The summed E-state index contributed by atoms with van der Waals surface area (Å²) >= 11 is 0. The lowest BCUT2D eigenvalue weighted by molar-refractivity contribution is 0.0987. The van der Waals surface area contributed by atoms with Crippen molar-refractivity contribution in [3.8, 4) is 0 Å². The van der Waals surface area contributed by atoms with Gasteiger partial charge in [-0.1, -0.05) is 26.3 Å². The number of piperidine rings is 1. The van der Waals surface area contributed by atoms with E-state index in [1.807, 2.05) is 0 Å². The molecule has 3 nitrogen and oxygen atoms in total. The molecule has 0 amide bonds. The van der Waals surface area contributed by atoms with E-state index in [-0.39, 0.29) is 0 Å². The first-order valence-electron chi connectivity index (χ1n) is 11.6. The van der Waals surface area contributed by atoms with E-state index in [9.17, 15) is 0 Å². The van der Waals surface area contributed by atoms with E-state index in [4.69, 9.17) is 5.73 Å². The normalized spacial score (nSPS) is 32.3. The molecule has 2 saturated heterocycles. The highest BCUT2D eigenvalue weighted by molar-refractivity contribution is 5.02. The molecule has 3 rings (SSSR count). The Kier molecular flexibility index (Phi) is 7.87. The molecule has 150 valence electrons. The summed E-state index contributed by atoms with van der Waals surface area (Å²) in [5, 5.41) is 0. The van der Waals surface area contributed by atoms with Crippen LogP contribution in [0.15, 0.2) is 11.8 Å². The van der Waals surface area contributed by atoms with Crippen molar-refractivity contribution in [2.24, 2.45) is 17.6 Å². The number of rotatable bonds is 7. The lowest BCUT2D eigenvalue weighted by Gasteiger charge is -2.40. The van der Waals surface area contributed by atoms with Gasteiger partial charge in [-0.3, -0.25) is 0 Å². The third-order valence-electron chi connectivity index (χ3n) is 7.38. The fourth-order valence-corrected chi connectivity index (χ4v) is 5.61. The van der Waals surface area contributed by atoms with Crippen LogP contribution in [0.5, 0.6) is 0 Å². The first-order chi connectivity index (χ1) is 12.7. The number of likely N-dealkylation sites (tertiary alicyclic amines) is 2. The fourth-order valence-electron chi connectivity index (χ4n) is 5.61. The maximum Gasteiger partial charge on any atom is 0.0203 e. The molecule has 2 heterocycles. The summed E-state index contributed by atoms with van der Waals surface area (Å²) in [6.45, 7) is 9.88. The van der Waals surface area contributed by atoms with Crippen LogP contribution < -0.4 is 5.73 Å². The molecule has 0 bridgehead atoms. The van der Waals surface area contributed by atoms with Gasteiger partial charge in [0.2, 0.25) is 0 Å². The van der Waals surface area contributed by atoms with Crippen LogP contribution in [0.3, 0.4) is 0 Å². The van der Waals surface area contributed by atoms with Crippen LogP contribution in [0.4, 0.5) is 0 Å².